The average Bonchev–Trinajstić information content (AvgIpc) is 3.60. The van der Waals surface area contributed by atoms with Crippen LogP contribution >= 0.6 is 22.9 Å². The van der Waals surface area contributed by atoms with Gasteiger partial charge in [-0.3, -0.25) is 0 Å². The lowest BCUT2D eigenvalue weighted by atomic mass is 9.99. The maximum atomic E-state index is 6.37. The highest BCUT2D eigenvalue weighted by atomic mass is 35.5. The second-order valence-corrected chi connectivity index (χ2v) is 10.0. The van der Waals surface area contributed by atoms with Crippen LogP contribution in [0.5, 0.6) is 16.7 Å². The molecule has 1 aliphatic rings. The summed E-state index contributed by atoms with van der Waals surface area (Å²) < 4.78 is 24.9. The second-order valence-electron chi connectivity index (χ2n) is 8.67. The van der Waals surface area contributed by atoms with Gasteiger partial charge >= 0.3 is 0 Å². The number of benzene rings is 1. The Bertz CT molecular complexity index is 1480. The Kier molecular flexibility index (Phi) is 6.06. The van der Waals surface area contributed by atoms with Gasteiger partial charge in [0.05, 0.1) is 37.4 Å². The number of methoxy groups -OCH3 is 2. The Balaban J connectivity index is 1.23. The van der Waals surface area contributed by atoms with Gasteiger partial charge in [0.1, 0.15) is 28.6 Å². The Hall–Kier alpha value is -3.50. The molecule has 0 amide bonds. The first-order chi connectivity index (χ1) is 17.6. The van der Waals surface area contributed by atoms with Gasteiger partial charge in [-0.1, -0.05) is 11.6 Å². The van der Waals surface area contributed by atoms with Crippen LogP contribution in [0.4, 0.5) is 5.82 Å². The van der Waals surface area contributed by atoms with Gasteiger partial charge in [0, 0.05) is 37.3 Å². The van der Waals surface area contributed by atoms with Crippen LogP contribution in [-0.4, -0.2) is 53.5 Å². The lowest BCUT2D eigenvalue weighted by molar-refractivity contribution is 0.230. The molecule has 4 aromatic heterocycles. The number of hydrogen-bond donors (Lipinski definition) is 0. The molecule has 1 aliphatic heterocycles. The van der Waals surface area contributed by atoms with Crippen LogP contribution in [0.2, 0.25) is 5.02 Å². The molecule has 186 valence electrons. The van der Waals surface area contributed by atoms with Gasteiger partial charge in [0.15, 0.2) is 5.76 Å². The molecule has 0 N–H and O–H groups in total. The molecule has 9 nitrogen and oxygen atoms in total. The first kappa shape index (κ1) is 22.9. The van der Waals surface area contributed by atoms with E-state index in [2.05, 4.69) is 20.0 Å². The summed E-state index contributed by atoms with van der Waals surface area (Å²) in [6.07, 6.45) is 5.69. The summed E-state index contributed by atoms with van der Waals surface area (Å²) in [5.41, 5.74) is 1.37. The van der Waals surface area contributed by atoms with Crippen molar-refractivity contribution < 1.29 is 18.6 Å². The summed E-state index contributed by atoms with van der Waals surface area (Å²) in [6, 6.07) is 9.57. The minimum atomic E-state index is 0.366. The fraction of sp³-hybridized carbons (Fsp3) is 0.320. The number of hydrogen-bond acceptors (Lipinski definition) is 9. The van der Waals surface area contributed by atoms with Crippen LogP contribution in [0, 0.1) is 5.92 Å². The van der Waals surface area contributed by atoms with Gasteiger partial charge in [-0.25, -0.2) is 14.5 Å². The summed E-state index contributed by atoms with van der Waals surface area (Å²) in [7, 11) is 3.22. The topological polar surface area (TPSA) is 87.2 Å². The summed E-state index contributed by atoms with van der Waals surface area (Å²) >= 11 is 7.37. The molecule has 11 heteroatoms. The van der Waals surface area contributed by atoms with Gasteiger partial charge in [-0.2, -0.15) is 0 Å². The molecule has 0 bridgehead atoms. The van der Waals surface area contributed by atoms with Crippen molar-refractivity contribution in [3.63, 3.8) is 0 Å². The molecule has 0 radical (unpaired) electrons. The van der Waals surface area contributed by atoms with Crippen LogP contribution in [0.1, 0.15) is 12.8 Å². The molecule has 0 aliphatic carbocycles. The number of rotatable bonds is 7. The zero-order valence-corrected chi connectivity index (χ0v) is 21.4. The van der Waals surface area contributed by atoms with E-state index in [0.29, 0.717) is 45.5 Å². The van der Waals surface area contributed by atoms with E-state index < -0.39 is 0 Å². The summed E-state index contributed by atoms with van der Waals surface area (Å²) in [5.74, 6) is 3.34. The number of anilines is 1. The minimum Gasteiger partial charge on any atom is -0.496 e. The molecule has 1 fully saturated rings. The van der Waals surface area contributed by atoms with Crippen molar-refractivity contribution in [3.05, 3.63) is 47.7 Å². The molecule has 0 saturated carbocycles. The largest absolute Gasteiger partial charge is 0.496 e. The predicted molar refractivity (Wildman–Crippen MR) is 139 cm³/mol. The van der Waals surface area contributed by atoms with Crippen molar-refractivity contribution in [1.82, 2.24) is 19.6 Å². The maximum absolute atomic E-state index is 6.37. The molecule has 36 heavy (non-hydrogen) atoms. The van der Waals surface area contributed by atoms with Crippen molar-refractivity contribution in [2.45, 2.75) is 12.8 Å². The first-order valence-electron chi connectivity index (χ1n) is 11.6. The number of aromatic nitrogens is 4. The van der Waals surface area contributed by atoms with Gasteiger partial charge in [-0.05, 0) is 42.4 Å². The molecule has 1 atom stereocenters. The van der Waals surface area contributed by atoms with E-state index in [1.54, 1.807) is 24.9 Å². The van der Waals surface area contributed by atoms with Crippen molar-refractivity contribution in [2.75, 3.05) is 38.8 Å². The third-order valence-corrected chi connectivity index (χ3v) is 7.40. The first-order valence-corrected chi connectivity index (χ1v) is 12.8. The number of pyridine rings is 1. The highest BCUT2D eigenvalue weighted by Gasteiger charge is 2.23. The lowest BCUT2D eigenvalue weighted by Gasteiger charge is -2.33. The smallest absolute Gasteiger partial charge is 0.294 e. The average molecular weight is 526 g/mol. The Labute approximate surface area is 216 Å². The standard InChI is InChI=1S/C25H24ClN5O4S/c1-32-17-8-20(34-14-15-4-3-7-30(12-15)23-6-5-16(26)11-27-23)18-10-22(35-21(18)9-17)19-13-31-24(28-19)36-25(29-31)33-2/h5-6,8-11,13,15H,3-4,7,12,14H2,1-2H3. The monoisotopic (exact) mass is 525 g/mol. The fourth-order valence-electron chi connectivity index (χ4n) is 4.50. The van der Waals surface area contributed by atoms with Gasteiger partial charge in [0.2, 0.25) is 4.96 Å². The Morgan fingerprint density at radius 2 is 2.11 bits per heavy atom. The molecule has 6 rings (SSSR count). The number of ether oxygens (including phenoxy) is 3. The van der Waals surface area contributed by atoms with Crippen LogP contribution in [-0.2, 0) is 0 Å². The highest BCUT2D eigenvalue weighted by molar-refractivity contribution is 7.18. The lowest BCUT2D eigenvalue weighted by Crippen LogP contribution is -2.38. The van der Waals surface area contributed by atoms with Crippen LogP contribution in [0.3, 0.4) is 0 Å². The van der Waals surface area contributed by atoms with Crippen LogP contribution in [0.25, 0.3) is 27.4 Å². The summed E-state index contributed by atoms with van der Waals surface area (Å²) in [5, 5.41) is 6.41. The van der Waals surface area contributed by atoms with Crippen molar-refractivity contribution in [1.29, 1.82) is 0 Å². The third kappa shape index (κ3) is 4.42. The Morgan fingerprint density at radius 3 is 2.89 bits per heavy atom. The molecule has 1 unspecified atom stereocenters. The van der Waals surface area contributed by atoms with E-state index in [0.717, 1.165) is 47.8 Å². The highest BCUT2D eigenvalue weighted by Crippen LogP contribution is 2.38. The third-order valence-electron chi connectivity index (χ3n) is 6.29. The van der Waals surface area contributed by atoms with Crippen LogP contribution < -0.4 is 19.1 Å². The van der Waals surface area contributed by atoms with E-state index in [-0.39, 0.29) is 0 Å². The van der Waals surface area contributed by atoms with E-state index >= 15 is 0 Å². The number of halogens is 1. The van der Waals surface area contributed by atoms with E-state index in [9.17, 15) is 0 Å². The maximum Gasteiger partial charge on any atom is 0.294 e. The SMILES string of the molecule is COc1cc(OCC2CCCN(c3ccc(Cl)cn3)C2)c2cc(-c3cn4nc(OC)sc4n3)oc2c1. The minimum absolute atomic E-state index is 0.366. The molecule has 5 aromatic rings. The normalized spacial score (nSPS) is 16.1. The van der Waals surface area contributed by atoms with Crippen molar-refractivity contribution >= 4 is 44.7 Å². The molecular formula is C25H24ClN5O4S. The number of nitrogens with zero attached hydrogens (tertiary/aromatic N) is 5. The molecule has 1 saturated heterocycles. The summed E-state index contributed by atoms with van der Waals surface area (Å²) in [6.45, 7) is 2.43. The molecule has 0 spiro atoms. The fourth-order valence-corrected chi connectivity index (χ4v) is 5.31. The molecule has 5 heterocycles. The zero-order chi connectivity index (χ0) is 24.6. The zero-order valence-electron chi connectivity index (χ0n) is 19.8. The Morgan fingerprint density at radius 1 is 1.19 bits per heavy atom. The number of imidazole rings is 1. The second kappa shape index (κ2) is 9.51. The summed E-state index contributed by atoms with van der Waals surface area (Å²) in [4.78, 5) is 12.1. The number of fused-ring (bicyclic) bond motifs is 2. The van der Waals surface area contributed by atoms with Crippen LogP contribution in [0.15, 0.2) is 47.1 Å². The van der Waals surface area contributed by atoms with Gasteiger partial charge in [-0.15, -0.1) is 5.10 Å². The molecule has 1 aromatic carbocycles. The van der Waals surface area contributed by atoms with Gasteiger partial charge < -0.3 is 23.5 Å². The van der Waals surface area contributed by atoms with E-state index in [1.807, 2.05) is 36.5 Å². The van der Waals surface area contributed by atoms with E-state index in [1.165, 1.54) is 11.3 Å². The number of piperidine rings is 1. The van der Waals surface area contributed by atoms with Crippen molar-refractivity contribution in [2.24, 2.45) is 5.92 Å². The quantitative estimate of drug-likeness (QED) is 0.273. The number of furan rings is 1. The van der Waals surface area contributed by atoms with Crippen molar-refractivity contribution in [3.8, 4) is 28.1 Å². The molecular weight excluding hydrogens is 502 g/mol. The van der Waals surface area contributed by atoms with Gasteiger partial charge in [0.25, 0.3) is 5.19 Å². The van der Waals surface area contributed by atoms with E-state index in [4.69, 9.17) is 30.2 Å². The predicted octanol–water partition coefficient (Wildman–Crippen LogP) is 5.57.